The van der Waals surface area contributed by atoms with Gasteiger partial charge in [-0.05, 0) is 49.6 Å². The number of hydrogen-bond donors (Lipinski definition) is 0. The molecule has 0 N–H and O–H groups in total. The number of alkyl halides is 1. The minimum atomic E-state index is -0.275. The zero-order valence-electron chi connectivity index (χ0n) is 14.9. The summed E-state index contributed by atoms with van der Waals surface area (Å²) in [5.41, 5.74) is 5.56. The van der Waals surface area contributed by atoms with Gasteiger partial charge in [-0.15, -0.1) is 0 Å². The van der Waals surface area contributed by atoms with Crippen LogP contribution in [0.4, 0.5) is 0 Å². The van der Waals surface area contributed by atoms with E-state index >= 15 is 0 Å². The maximum Gasteiger partial charge on any atom is 0.135 e. The van der Waals surface area contributed by atoms with Crippen molar-refractivity contribution in [3.63, 3.8) is 0 Å². The van der Waals surface area contributed by atoms with E-state index in [4.69, 9.17) is 4.74 Å². The second kappa shape index (κ2) is 7.45. The highest BCUT2D eigenvalue weighted by Crippen LogP contribution is 2.42. The fourth-order valence-electron chi connectivity index (χ4n) is 2.85. The van der Waals surface area contributed by atoms with Crippen LogP contribution in [0.1, 0.15) is 26.3 Å². The van der Waals surface area contributed by atoms with Crippen LogP contribution >= 0.6 is 15.9 Å². The van der Waals surface area contributed by atoms with Crippen molar-refractivity contribution >= 4 is 15.9 Å². The molecule has 128 valence electrons. The van der Waals surface area contributed by atoms with Crippen LogP contribution in [0, 0.1) is 0 Å². The number of benzene rings is 3. The van der Waals surface area contributed by atoms with Crippen LogP contribution in [0.5, 0.6) is 5.75 Å². The average molecular weight is 395 g/mol. The summed E-state index contributed by atoms with van der Waals surface area (Å²) >= 11 is 3.62. The van der Waals surface area contributed by atoms with Crippen molar-refractivity contribution in [3.05, 3.63) is 78.4 Å². The highest BCUT2D eigenvalue weighted by Gasteiger charge is 2.21. The first-order valence-electron chi connectivity index (χ1n) is 8.51. The van der Waals surface area contributed by atoms with Crippen molar-refractivity contribution in [2.75, 3.05) is 0 Å². The first kappa shape index (κ1) is 17.8. The van der Waals surface area contributed by atoms with E-state index in [0.717, 1.165) is 22.2 Å². The smallest absolute Gasteiger partial charge is 0.135 e. The number of ether oxygens (including phenoxy) is 1. The molecule has 0 aliphatic carbocycles. The summed E-state index contributed by atoms with van der Waals surface area (Å²) in [7, 11) is 0. The molecule has 3 aromatic rings. The summed E-state index contributed by atoms with van der Waals surface area (Å²) in [6.45, 7) is 6.28. The van der Waals surface area contributed by atoms with Crippen LogP contribution < -0.4 is 4.74 Å². The molecule has 0 heterocycles. The topological polar surface area (TPSA) is 9.23 Å². The van der Waals surface area contributed by atoms with Gasteiger partial charge in [-0.3, -0.25) is 0 Å². The molecule has 0 saturated carbocycles. The van der Waals surface area contributed by atoms with Gasteiger partial charge in [0.15, 0.2) is 0 Å². The van der Waals surface area contributed by atoms with Gasteiger partial charge in [0.1, 0.15) is 11.4 Å². The monoisotopic (exact) mass is 394 g/mol. The molecule has 0 atom stereocenters. The molecule has 0 amide bonds. The predicted octanol–water partition coefficient (Wildman–Crippen LogP) is 7.09. The van der Waals surface area contributed by atoms with E-state index in [1.165, 1.54) is 16.7 Å². The molecule has 1 nitrogen and oxygen atoms in total. The molecular weight excluding hydrogens is 372 g/mol. The Kier molecular flexibility index (Phi) is 5.29. The number of hydrogen-bond acceptors (Lipinski definition) is 1. The van der Waals surface area contributed by atoms with Crippen molar-refractivity contribution in [3.8, 4) is 28.0 Å². The van der Waals surface area contributed by atoms with Gasteiger partial charge in [0.2, 0.25) is 0 Å². The van der Waals surface area contributed by atoms with E-state index in [1.54, 1.807) is 0 Å². The third-order valence-electron chi connectivity index (χ3n) is 3.88. The Hall–Kier alpha value is -2.06. The Balaban J connectivity index is 2.29. The number of halogens is 1. The lowest BCUT2D eigenvalue weighted by Crippen LogP contribution is -2.23. The Morgan fingerprint density at radius 1 is 0.760 bits per heavy atom. The summed E-state index contributed by atoms with van der Waals surface area (Å²) < 4.78 is 6.46. The van der Waals surface area contributed by atoms with Crippen LogP contribution in [0.15, 0.2) is 72.8 Å². The second-order valence-electron chi connectivity index (χ2n) is 7.10. The average Bonchev–Trinajstić information content (AvgIpc) is 2.62. The highest BCUT2D eigenvalue weighted by molar-refractivity contribution is 9.08. The fraction of sp³-hybridized carbons (Fsp3) is 0.217. The standard InChI is InChI=1S/C23H23BrO/c1-23(2,3)25-22-20(18-10-6-4-7-11-18)14-17(16-24)15-21(22)19-12-8-5-9-13-19/h4-15H,16H2,1-3H3. The quantitative estimate of drug-likeness (QED) is 0.429. The molecule has 3 aromatic carbocycles. The Bertz CT molecular complexity index is 772. The maximum absolute atomic E-state index is 6.46. The molecule has 0 aliphatic rings. The van der Waals surface area contributed by atoms with Crippen LogP contribution in [-0.2, 0) is 5.33 Å². The summed E-state index contributed by atoms with van der Waals surface area (Å²) in [5.74, 6) is 0.939. The summed E-state index contributed by atoms with van der Waals surface area (Å²) in [5, 5.41) is 0.808. The first-order chi connectivity index (χ1) is 12.0. The van der Waals surface area contributed by atoms with Gasteiger partial charge in [0, 0.05) is 16.5 Å². The SMILES string of the molecule is CC(C)(C)Oc1c(-c2ccccc2)cc(CBr)cc1-c1ccccc1. The largest absolute Gasteiger partial charge is 0.487 e. The van der Waals surface area contributed by atoms with Gasteiger partial charge in [-0.2, -0.15) is 0 Å². The van der Waals surface area contributed by atoms with Gasteiger partial charge < -0.3 is 4.74 Å². The molecule has 0 fully saturated rings. The van der Waals surface area contributed by atoms with Crippen molar-refractivity contribution in [2.24, 2.45) is 0 Å². The van der Waals surface area contributed by atoms with E-state index in [2.05, 4.69) is 97.4 Å². The van der Waals surface area contributed by atoms with Crippen molar-refractivity contribution in [2.45, 2.75) is 31.7 Å². The Morgan fingerprint density at radius 2 is 1.20 bits per heavy atom. The molecule has 0 bridgehead atoms. The van der Waals surface area contributed by atoms with E-state index in [0.29, 0.717) is 0 Å². The van der Waals surface area contributed by atoms with E-state index in [9.17, 15) is 0 Å². The zero-order chi connectivity index (χ0) is 17.9. The molecule has 0 saturated heterocycles. The molecular formula is C23H23BrO. The lowest BCUT2D eigenvalue weighted by molar-refractivity contribution is 0.132. The molecule has 0 aromatic heterocycles. The molecule has 2 heteroatoms. The highest BCUT2D eigenvalue weighted by atomic mass is 79.9. The molecule has 0 unspecified atom stereocenters. The van der Waals surface area contributed by atoms with Gasteiger partial charge in [-0.1, -0.05) is 76.6 Å². The van der Waals surface area contributed by atoms with Gasteiger partial charge in [-0.25, -0.2) is 0 Å². The molecule has 0 radical (unpaired) electrons. The Labute approximate surface area is 158 Å². The predicted molar refractivity (Wildman–Crippen MR) is 110 cm³/mol. The van der Waals surface area contributed by atoms with E-state index in [-0.39, 0.29) is 5.60 Å². The third kappa shape index (κ3) is 4.32. The van der Waals surface area contributed by atoms with Crippen LogP contribution in [0.2, 0.25) is 0 Å². The van der Waals surface area contributed by atoms with Crippen molar-refractivity contribution in [1.29, 1.82) is 0 Å². The van der Waals surface area contributed by atoms with Crippen LogP contribution in [0.3, 0.4) is 0 Å². The van der Waals surface area contributed by atoms with Crippen LogP contribution in [0.25, 0.3) is 22.3 Å². The minimum absolute atomic E-state index is 0.275. The summed E-state index contributed by atoms with van der Waals surface area (Å²) in [4.78, 5) is 0. The van der Waals surface area contributed by atoms with Gasteiger partial charge >= 0.3 is 0 Å². The van der Waals surface area contributed by atoms with Crippen molar-refractivity contribution < 1.29 is 4.74 Å². The molecule has 0 spiro atoms. The lowest BCUT2D eigenvalue weighted by Gasteiger charge is -2.26. The zero-order valence-corrected chi connectivity index (χ0v) is 16.5. The Morgan fingerprint density at radius 3 is 1.56 bits per heavy atom. The third-order valence-corrected chi connectivity index (χ3v) is 4.53. The second-order valence-corrected chi connectivity index (χ2v) is 7.66. The molecule has 3 rings (SSSR count). The fourth-order valence-corrected chi connectivity index (χ4v) is 3.17. The van der Waals surface area contributed by atoms with Crippen LogP contribution in [-0.4, -0.2) is 5.60 Å². The summed E-state index contributed by atoms with van der Waals surface area (Å²) in [6, 6.07) is 25.3. The van der Waals surface area contributed by atoms with Gasteiger partial charge in [0.25, 0.3) is 0 Å². The summed E-state index contributed by atoms with van der Waals surface area (Å²) in [6.07, 6.45) is 0. The normalized spacial score (nSPS) is 11.4. The maximum atomic E-state index is 6.46. The number of rotatable bonds is 4. The van der Waals surface area contributed by atoms with E-state index in [1.807, 2.05) is 12.1 Å². The lowest BCUT2D eigenvalue weighted by atomic mass is 9.94. The minimum Gasteiger partial charge on any atom is -0.487 e. The van der Waals surface area contributed by atoms with E-state index < -0.39 is 0 Å². The molecule has 25 heavy (non-hydrogen) atoms. The van der Waals surface area contributed by atoms with Gasteiger partial charge in [0.05, 0.1) is 0 Å². The first-order valence-corrected chi connectivity index (χ1v) is 9.63. The molecule has 0 aliphatic heterocycles. The van der Waals surface area contributed by atoms with Crippen molar-refractivity contribution in [1.82, 2.24) is 0 Å².